The van der Waals surface area contributed by atoms with Crippen molar-refractivity contribution in [3.63, 3.8) is 0 Å². The number of tetrazole rings is 1. The molecule has 0 saturated carbocycles. The molecule has 14 heteroatoms. The molecular weight excluding hydrogens is 443 g/mol. The highest BCUT2D eigenvalue weighted by atomic mass is 32.2. The third-order valence-corrected chi connectivity index (χ3v) is 5.75. The first-order valence-electron chi connectivity index (χ1n) is 8.48. The first-order chi connectivity index (χ1) is 14.3. The van der Waals surface area contributed by atoms with Gasteiger partial charge in [-0.05, 0) is 41.1 Å². The van der Waals surface area contributed by atoms with Gasteiger partial charge in [0.1, 0.15) is 10.8 Å². The highest BCUT2D eigenvalue weighted by Crippen LogP contribution is 2.26. The molecule has 9 nitrogen and oxygen atoms in total. The Hall–Kier alpha value is -3.00. The Kier molecular flexibility index (Phi) is 5.42. The van der Waals surface area contributed by atoms with Gasteiger partial charge in [0, 0.05) is 11.8 Å². The van der Waals surface area contributed by atoms with Gasteiger partial charge in [-0.1, -0.05) is 30.0 Å². The second-order valence-corrected chi connectivity index (χ2v) is 7.82. The largest absolute Gasteiger partial charge is 0.573 e. The monoisotopic (exact) mass is 455 g/mol. The molecule has 0 N–H and O–H groups in total. The molecule has 30 heavy (non-hydrogen) atoms. The summed E-state index contributed by atoms with van der Waals surface area (Å²) in [5.74, 6) is -0.0247. The highest BCUT2D eigenvalue weighted by Gasteiger charge is 2.31. The van der Waals surface area contributed by atoms with Crippen molar-refractivity contribution in [2.24, 2.45) is 0 Å². The summed E-state index contributed by atoms with van der Waals surface area (Å²) in [4.78, 5) is 17.2. The predicted molar refractivity (Wildman–Crippen MR) is 102 cm³/mol. The summed E-state index contributed by atoms with van der Waals surface area (Å²) in [7, 11) is 0. The lowest BCUT2D eigenvalue weighted by molar-refractivity contribution is -0.274. The number of benzene rings is 1. The summed E-state index contributed by atoms with van der Waals surface area (Å²) >= 11 is 2.58. The van der Waals surface area contributed by atoms with Gasteiger partial charge in [0.2, 0.25) is 10.1 Å². The number of halogens is 3. The molecule has 0 atom stereocenters. The van der Waals surface area contributed by atoms with Gasteiger partial charge in [-0.15, -0.1) is 18.3 Å². The molecular formula is C16H12F3N7O2S2. The van der Waals surface area contributed by atoms with Gasteiger partial charge in [-0.2, -0.15) is 14.3 Å². The molecule has 4 rings (SSSR count). The van der Waals surface area contributed by atoms with E-state index < -0.39 is 6.36 Å². The number of thioether (sulfide) groups is 1. The number of hydrogen-bond donors (Lipinski definition) is 0. The summed E-state index contributed by atoms with van der Waals surface area (Å²) < 4.78 is 43.4. The number of ether oxygens (including phenoxy) is 1. The maximum Gasteiger partial charge on any atom is 0.573 e. The molecule has 0 amide bonds. The van der Waals surface area contributed by atoms with E-state index in [1.807, 2.05) is 6.92 Å². The third-order valence-electron chi connectivity index (χ3n) is 3.75. The molecule has 0 spiro atoms. The summed E-state index contributed by atoms with van der Waals surface area (Å²) in [5, 5.41) is 16.8. The average molecular weight is 455 g/mol. The predicted octanol–water partition coefficient (Wildman–Crippen LogP) is 2.88. The summed E-state index contributed by atoms with van der Waals surface area (Å²) in [5.41, 5.74) is 0.724. The van der Waals surface area contributed by atoms with Gasteiger partial charge in [0.15, 0.2) is 0 Å². The van der Waals surface area contributed by atoms with Crippen LogP contribution in [0.25, 0.3) is 10.6 Å². The molecule has 3 aromatic heterocycles. The van der Waals surface area contributed by atoms with E-state index in [9.17, 15) is 18.0 Å². The molecule has 0 aliphatic heterocycles. The number of alkyl halides is 3. The fourth-order valence-electron chi connectivity index (χ4n) is 2.47. The van der Waals surface area contributed by atoms with Crippen molar-refractivity contribution >= 4 is 28.1 Å². The van der Waals surface area contributed by atoms with Crippen molar-refractivity contribution < 1.29 is 17.9 Å². The lowest BCUT2D eigenvalue weighted by atomic mass is 10.3. The van der Waals surface area contributed by atoms with Crippen molar-refractivity contribution in [1.29, 1.82) is 0 Å². The number of nitrogens with zero attached hydrogens (tertiary/aromatic N) is 7. The van der Waals surface area contributed by atoms with Gasteiger partial charge < -0.3 is 4.74 Å². The highest BCUT2D eigenvalue weighted by molar-refractivity contribution is 7.98. The summed E-state index contributed by atoms with van der Waals surface area (Å²) in [6, 6.07) is 6.55. The Labute approximate surface area is 174 Å². The van der Waals surface area contributed by atoms with Crippen molar-refractivity contribution in [1.82, 2.24) is 34.8 Å². The summed E-state index contributed by atoms with van der Waals surface area (Å²) in [6.07, 6.45) is -4.06. The van der Waals surface area contributed by atoms with Gasteiger partial charge in [0.05, 0.1) is 11.4 Å². The molecule has 0 aliphatic rings. The molecule has 0 bridgehead atoms. The number of rotatable bonds is 6. The van der Waals surface area contributed by atoms with Crippen LogP contribution in [-0.2, 0) is 12.2 Å². The van der Waals surface area contributed by atoms with Gasteiger partial charge in [-0.25, -0.2) is 4.98 Å². The van der Waals surface area contributed by atoms with Crippen LogP contribution in [0.15, 0.2) is 40.3 Å². The van der Waals surface area contributed by atoms with E-state index in [0.717, 1.165) is 5.01 Å². The van der Waals surface area contributed by atoms with Crippen LogP contribution in [-0.4, -0.2) is 41.2 Å². The van der Waals surface area contributed by atoms with Crippen LogP contribution in [0.3, 0.4) is 0 Å². The van der Waals surface area contributed by atoms with Crippen LogP contribution in [0.5, 0.6) is 5.75 Å². The van der Waals surface area contributed by atoms with E-state index in [-0.39, 0.29) is 11.3 Å². The first-order valence-corrected chi connectivity index (χ1v) is 10.3. The molecule has 156 valence electrons. The van der Waals surface area contributed by atoms with Crippen LogP contribution in [0.1, 0.15) is 17.6 Å². The second kappa shape index (κ2) is 8.02. The fraction of sp³-hybridized carbons (Fsp3) is 0.250. The van der Waals surface area contributed by atoms with Crippen molar-refractivity contribution in [2.75, 3.05) is 0 Å². The second-order valence-electron chi connectivity index (χ2n) is 5.83. The maximum absolute atomic E-state index is 12.3. The standard InChI is InChI=1S/C16H12F3N7O2S2/c1-2-12-22-26-13(27)7-9(20-14(26)30-12)8-29-15-21-23-24-25(15)10-3-5-11(6-4-10)28-16(17,18)19/h3-7H,2,8H2,1H3. The van der Waals surface area contributed by atoms with Crippen molar-refractivity contribution in [2.45, 2.75) is 30.6 Å². The normalized spacial score (nSPS) is 11.9. The molecule has 1 aromatic carbocycles. The third kappa shape index (κ3) is 4.43. The average Bonchev–Trinajstić information content (AvgIpc) is 3.32. The fourth-order valence-corrected chi connectivity index (χ4v) is 4.11. The zero-order valence-corrected chi connectivity index (χ0v) is 16.8. The molecule has 0 aliphatic carbocycles. The number of fused-ring (bicyclic) bond motifs is 1. The topological polar surface area (TPSA) is 100 Å². The maximum atomic E-state index is 12.3. The van der Waals surface area contributed by atoms with Crippen molar-refractivity contribution in [3.05, 3.63) is 51.4 Å². The van der Waals surface area contributed by atoms with Crippen molar-refractivity contribution in [3.8, 4) is 11.4 Å². The summed E-state index contributed by atoms with van der Waals surface area (Å²) in [6.45, 7) is 1.95. The molecule has 3 heterocycles. The van der Waals surface area contributed by atoms with Gasteiger partial charge in [-0.3, -0.25) is 4.79 Å². The number of hydrogen-bond acceptors (Lipinski definition) is 9. The lowest BCUT2D eigenvalue weighted by Gasteiger charge is -2.09. The Balaban J connectivity index is 1.52. The lowest BCUT2D eigenvalue weighted by Crippen LogP contribution is -2.17. The molecule has 0 unspecified atom stereocenters. The van der Waals surface area contributed by atoms with Crippen LogP contribution < -0.4 is 10.3 Å². The zero-order valence-electron chi connectivity index (χ0n) is 15.2. The van der Waals surface area contributed by atoms with E-state index >= 15 is 0 Å². The quantitative estimate of drug-likeness (QED) is 0.409. The van der Waals surface area contributed by atoms with E-state index in [1.54, 1.807) is 0 Å². The Bertz CT molecular complexity index is 1230. The molecule has 0 fully saturated rings. The SMILES string of the molecule is CCc1nn2c(=O)cc(CSc3nnnn3-c3ccc(OC(F)(F)F)cc3)nc2s1. The van der Waals surface area contributed by atoms with Crippen LogP contribution in [0.2, 0.25) is 0 Å². The van der Waals surface area contributed by atoms with E-state index in [4.69, 9.17) is 0 Å². The molecule has 0 saturated heterocycles. The smallest absolute Gasteiger partial charge is 0.406 e. The minimum absolute atomic E-state index is 0.272. The van der Waals surface area contributed by atoms with Gasteiger partial charge >= 0.3 is 6.36 Å². The van der Waals surface area contributed by atoms with Crippen LogP contribution >= 0.6 is 23.1 Å². The minimum atomic E-state index is -4.76. The van der Waals surface area contributed by atoms with E-state index in [2.05, 4.69) is 30.3 Å². The number of aryl methyl sites for hydroxylation is 1. The Morgan fingerprint density at radius 3 is 2.70 bits per heavy atom. The minimum Gasteiger partial charge on any atom is -0.406 e. The van der Waals surface area contributed by atoms with Gasteiger partial charge in [0.25, 0.3) is 5.56 Å². The zero-order chi connectivity index (χ0) is 21.3. The molecule has 0 radical (unpaired) electrons. The number of aromatic nitrogens is 7. The van der Waals surface area contributed by atoms with E-state index in [1.165, 1.54) is 62.6 Å². The Morgan fingerprint density at radius 2 is 2.00 bits per heavy atom. The Morgan fingerprint density at radius 1 is 1.23 bits per heavy atom. The van der Waals surface area contributed by atoms with E-state index in [0.29, 0.717) is 33.7 Å². The molecule has 4 aromatic rings. The van der Waals surface area contributed by atoms with Crippen LogP contribution in [0.4, 0.5) is 13.2 Å². The first kappa shape index (κ1) is 20.3. The van der Waals surface area contributed by atoms with Crippen LogP contribution in [0, 0.1) is 0 Å².